The van der Waals surface area contributed by atoms with Crippen LogP contribution in [0, 0.1) is 0 Å². The fourth-order valence-electron chi connectivity index (χ4n) is 2.46. The summed E-state index contributed by atoms with van der Waals surface area (Å²) in [6.07, 6.45) is 2.74. The van der Waals surface area contributed by atoms with Crippen molar-refractivity contribution in [2.45, 2.75) is 6.92 Å². The van der Waals surface area contributed by atoms with E-state index in [9.17, 15) is 9.59 Å². The summed E-state index contributed by atoms with van der Waals surface area (Å²) in [5, 5.41) is 2.80. The zero-order valence-corrected chi connectivity index (χ0v) is 16.9. The van der Waals surface area contributed by atoms with Gasteiger partial charge in [0, 0.05) is 18.1 Å². The molecular weight excluding hydrogens is 408 g/mol. The predicted octanol–water partition coefficient (Wildman–Crippen LogP) is 4.72. The van der Waals surface area contributed by atoms with Gasteiger partial charge in [-0.2, -0.15) is 0 Å². The lowest BCUT2D eigenvalue weighted by atomic mass is 10.3. The number of carbonyl (C=O) groups excluding carboxylic acids is 2. The number of halogens is 1. The number of hydrogen-bond acceptors (Lipinski definition) is 6. The highest BCUT2D eigenvalue weighted by Gasteiger charge is 2.13. The van der Waals surface area contributed by atoms with E-state index in [0.717, 1.165) is 5.75 Å². The first kappa shape index (κ1) is 21.1. The van der Waals surface area contributed by atoms with E-state index in [0.29, 0.717) is 23.8 Å². The Bertz CT molecular complexity index is 1010. The predicted molar refractivity (Wildman–Crippen MR) is 112 cm³/mol. The number of benzene rings is 2. The highest BCUT2D eigenvalue weighted by molar-refractivity contribution is 6.33. The number of hydrogen-bond donors (Lipinski definition) is 1. The smallest absolute Gasteiger partial charge is 0.340 e. The summed E-state index contributed by atoms with van der Waals surface area (Å²) >= 11 is 5.88. The van der Waals surface area contributed by atoms with Crippen LogP contribution in [-0.2, 0) is 9.53 Å². The molecule has 0 saturated heterocycles. The Hall–Kier alpha value is -3.58. The lowest BCUT2D eigenvalue weighted by Gasteiger charge is -2.09. The number of aromatic nitrogens is 1. The SMILES string of the molecule is CCOc1ccc(Oc2ccc(NC(=O)COC(=O)c3ccncc3Cl)cc2)cc1. The third-order valence-electron chi connectivity index (χ3n) is 3.84. The van der Waals surface area contributed by atoms with E-state index in [1.807, 2.05) is 31.2 Å². The third kappa shape index (κ3) is 5.96. The number of rotatable bonds is 8. The monoisotopic (exact) mass is 426 g/mol. The van der Waals surface area contributed by atoms with Crippen LogP contribution in [0.3, 0.4) is 0 Å². The zero-order valence-electron chi connectivity index (χ0n) is 16.1. The van der Waals surface area contributed by atoms with Crippen LogP contribution >= 0.6 is 11.6 Å². The van der Waals surface area contributed by atoms with Crippen LogP contribution in [0.5, 0.6) is 17.2 Å². The Morgan fingerprint density at radius 1 is 0.967 bits per heavy atom. The maximum absolute atomic E-state index is 12.0. The molecule has 0 atom stereocenters. The summed E-state index contributed by atoms with van der Waals surface area (Å²) in [5.74, 6) is 0.869. The average Bonchev–Trinajstić information content (AvgIpc) is 2.75. The summed E-state index contributed by atoms with van der Waals surface area (Å²) in [5.41, 5.74) is 0.687. The fraction of sp³-hybridized carbons (Fsp3) is 0.136. The number of pyridine rings is 1. The van der Waals surface area contributed by atoms with Crippen LogP contribution in [-0.4, -0.2) is 30.1 Å². The van der Waals surface area contributed by atoms with Gasteiger partial charge in [0.1, 0.15) is 17.2 Å². The lowest BCUT2D eigenvalue weighted by molar-refractivity contribution is -0.119. The number of nitrogens with one attached hydrogen (secondary N) is 1. The molecule has 1 amide bonds. The minimum absolute atomic E-state index is 0.148. The molecule has 0 aliphatic carbocycles. The molecule has 0 radical (unpaired) electrons. The van der Waals surface area contributed by atoms with Gasteiger partial charge in [-0.3, -0.25) is 9.78 Å². The van der Waals surface area contributed by atoms with Gasteiger partial charge in [-0.15, -0.1) is 0 Å². The molecule has 2 aromatic carbocycles. The molecule has 3 rings (SSSR count). The Kier molecular flexibility index (Phi) is 7.24. The molecule has 0 spiro atoms. The number of carbonyl (C=O) groups is 2. The van der Waals surface area contributed by atoms with Gasteiger partial charge in [0.2, 0.25) is 0 Å². The molecule has 154 valence electrons. The van der Waals surface area contributed by atoms with Gasteiger partial charge in [0.05, 0.1) is 17.2 Å². The van der Waals surface area contributed by atoms with Gasteiger partial charge in [0.15, 0.2) is 6.61 Å². The van der Waals surface area contributed by atoms with E-state index in [-0.39, 0.29) is 10.6 Å². The Balaban J connectivity index is 1.49. The van der Waals surface area contributed by atoms with Crippen molar-refractivity contribution in [3.63, 3.8) is 0 Å². The second-order valence-electron chi connectivity index (χ2n) is 6.01. The van der Waals surface area contributed by atoms with Gasteiger partial charge in [0.25, 0.3) is 5.91 Å². The molecule has 7 nitrogen and oxygen atoms in total. The van der Waals surface area contributed by atoms with Crippen LogP contribution in [0.25, 0.3) is 0 Å². The number of anilines is 1. The summed E-state index contributed by atoms with van der Waals surface area (Å²) in [7, 11) is 0. The molecule has 1 heterocycles. The quantitative estimate of drug-likeness (QED) is 0.524. The van der Waals surface area contributed by atoms with E-state index in [4.69, 9.17) is 25.8 Å². The minimum atomic E-state index is -0.698. The fourth-order valence-corrected chi connectivity index (χ4v) is 2.66. The van der Waals surface area contributed by atoms with Crippen molar-refractivity contribution in [1.29, 1.82) is 0 Å². The normalized spacial score (nSPS) is 10.2. The number of amides is 1. The summed E-state index contributed by atoms with van der Waals surface area (Å²) in [6.45, 7) is 2.08. The average molecular weight is 427 g/mol. The van der Waals surface area contributed by atoms with Gasteiger partial charge in [-0.1, -0.05) is 11.6 Å². The van der Waals surface area contributed by atoms with Crippen molar-refractivity contribution in [3.05, 3.63) is 77.6 Å². The largest absolute Gasteiger partial charge is 0.494 e. The first-order valence-electron chi connectivity index (χ1n) is 9.12. The second-order valence-corrected chi connectivity index (χ2v) is 6.42. The highest BCUT2D eigenvalue weighted by atomic mass is 35.5. The molecule has 0 aliphatic rings. The third-order valence-corrected chi connectivity index (χ3v) is 4.14. The van der Waals surface area contributed by atoms with Crippen molar-refractivity contribution in [1.82, 2.24) is 4.98 Å². The summed E-state index contributed by atoms with van der Waals surface area (Å²) < 4.78 is 16.1. The molecule has 1 N–H and O–H groups in total. The standard InChI is InChI=1S/C22H19ClN2O5/c1-2-28-16-7-9-18(10-8-16)30-17-5-3-15(4-6-17)25-21(26)14-29-22(27)19-11-12-24-13-20(19)23/h3-13H,2,14H2,1H3,(H,25,26). The van der Waals surface area contributed by atoms with E-state index in [1.165, 1.54) is 18.5 Å². The van der Waals surface area contributed by atoms with Gasteiger partial charge < -0.3 is 19.5 Å². The summed E-state index contributed by atoms with van der Waals surface area (Å²) in [4.78, 5) is 27.8. The number of esters is 1. The van der Waals surface area contributed by atoms with E-state index in [2.05, 4.69) is 10.3 Å². The number of ether oxygens (including phenoxy) is 3. The molecule has 30 heavy (non-hydrogen) atoms. The van der Waals surface area contributed by atoms with Crippen molar-refractivity contribution in [3.8, 4) is 17.2 Å². The molecular formula is C22H19ClN2O5. The van der Waals surface area contributed by atoms with Crippen LogP contribution in [0.1, 0.15) is 17.3 Å². The van der Waals surface area contributed by atoms with Crippen LogP contribution in [0.4, 0.5) is 5.69 Å². The minimum Gasteiger partial charge on any atom is -0.494 e. The first-order valence-corrected chi connectivity index (χ1v) is 9.50. The molecule has 0 aliphatic heterocycles. The van der Waals surface area contributed by atoms with Crippen molar-refractivity contribution < 1.29 is 23.8 Å². The Labute approximate surface area is 178 Å². The molecule has 8 heteroatoms. The molecule has 0 bridgehead atoms. The zero-order chi connectivity index (χ0) is 21.3. The topological polar surface area (TPSA) is 86.8 Å². The van der Waals surface area contributed by atoms with Crippen LogP contribution in [0.2, 0.25) is 5.02 Å². The maximum atomic E-state index is 12.0. The molecule has 1 aromatic heterocycles. The van der Waals surface area contributed by atoms with Gasteiger partial charge >= 0.3 is 5.97 Å². The van der Waals surface area contributed by atoms with Crippen LogP contribution < -0.4 is 14.8 Å². The Morgan fingerprint density at radius 2 is 1.60 bits per heavy atom. The van der Waals surface area contributed by atoms with Crippen molar-refractivity contribution >= 4 is 29.2 Å². The highest BCUT2D eigenvalue weighted by Crippen LogP contribution is 2.25. The van der Waals surface area contributed by atoms with Gasteiger partial charge in [-0.25, -0.2) is 4.79 Å². The lowest BCUT2D eigenvalue weighted by Crippen LogP contribution is -2.21. The van der Waals surface area contributed by atoms with Gasteiger partial charge in [-0.05, 0) is 61.5 Å². The Morgan fingerprint density at radius 3 is 2.23 bits per heavy atom. The van der Waals surface area contributed by atoms with Crippen LogP contribution in [0.15, 0.2) is 67.0 Å². The molecule has 0 unspecified atom stereocenters. The van der Waals surface area contributed by atoms with E-state index < -0.39 is 18.5 Å². The van der Waals surface area contributed by atoms with E-state index in [1.54, 1.807) is 24.3 Å². The molecule has 3 aromatic rings. The van der Waals surface area contributed by atoms with E-state index >= 15 is 0 Å². The number of nitrogens with zero attached hydrogens (tertiary/aromatic N) is 1. The molecule has 0 fully saturated rings. The van der Waals surface area contributed by atoms with Crippen molar-refractivity contribution in [2.24, 2.45) is 0 Å². The second kappa shape index (κ2) is 10.3. The molecule has 0 saturated carbocycles. The maximum Gasteiger partial charge on any atom is 0.340 e. The first-order chi connectivity index (χ1) is 14.5. The van der Waals surface area contributed by atoms with Crippen molar-refractivity contribution in [2.75, 3.05) is 18.5 Å². The summed E-state index contributed by atoms with van der Waals surface area (Å²) in [6, 6.07) is 15.5.